The van der Waals surface area contributed by atoms with E-state index in [0.29, 0.717) is 18.6 Å². The van der Waals surface area contributed by atoms with E-state index >= 15 is 0 Å². The molecule has 1 aromatic carbocycles. The van der Waals surface area contributed by atoms with Crippen molar-refractivity contribution in [3.63, 3.8) is 0 Å². The summed E-state index contributed by atoms with van der Waals surface area (Å²) in [5, 5.41) is 0. The number of hydrogen-bond donors (Lipinski definition) is 0. The van der Waals surface area contributed by atoms with Crippen LogP contribution in [-0.2, 0) is 9.53 Å². The fourth-order valence-corrected chi connectivity index (χ4v) is 0.920. The molecule has 0 fully saturated rings. The van der Waals surface area contributed by atoms with Crippen LogP contribution in [0.4, 0.5) is 0 Å². The summed E-state index contributed by atoms with van der Waals surface area (Å²) in [4.78, 5) is 10.1. The van der Waals surface area contributed by atoms with E-state index in [1.165, 1.54) is 0 Å². The molecule has 0 aliphatic rings. The first kappa shape index (κ1) is 9.58. The fraction of sp³-hybridized carbons (Fsp3) is 0.300. The summed E-state index contributed by atoms with van der Waals surface area (Å²) in [6.45, 7) is 2.29. The quantitative estimate of drug-likeness (QED) is 0.513. The van der Waals surface area contributed by atoms with Gasteiger partial charge in [-0.05, 0) is 12.1 Å². The van der Waals surface area contributed by atoms with Crippen molar-refractivity contribution in [1.82, 2.24) is 0 Å². The molecule has 0 heterocycles. The summed E-state index contributed by atoms with van der Waals surface area (Å²) in [5.41, 5.74) is 0. The van der Waals surface area contributed by atoms with Gasteiger partial charge in [-0.3, -0.25) is 4.79 Å². The molecule has 0 saturated heterocycles. The lowest BCUT2D eigenvalue weighted by Gasteiger charge is -2.14. The van der Waals surface area contributed by atoms with E-state index in [-0.39, 0.29) is 0 Å². The summed E-state index contributed by atoms with van der Waals surface area (Å²) >= 11 is 0. The SMILES string of the molecule is CCC(OC=O)Oc1ccccc1. The second kappa shape index (κ2) is 5.19. The largest absolute Gasteiger partial charge is 0.455 e. The van der Waals surface area contributed by atoms with Crippen LogP contribution in [0.1, 0.15) is 13.3 Å². The van der Waals surface area contributed by atoms with Gasteiger partial charge < -0.3 is 9.47 Å². The third-order valence-electron chi connectivity index (χ3n) is 1.55. The van der Waals surface area contributed by atoms with Crippen molar-refractivity contribution in [3.8, 4) is 5.75 Å². The Morgan fingerprint density at radius 2 is 2.08 bits per heavy atom. The molecule has 1 unspecified atom stereocenters. The van der Waals surface area contributed by atoms with Gasteiger partial charge >= 0.3 is 0 Å². The summed E-state index contributed by atoms with van der Waals surface area (Å²) in [5.74, 6) is 0.705. The Morgan fingerprint density at radius 1 is 1.38 bits per heavy atom. The fourth-order valence-electron chi connectivity index (χ4n) is 0.920. The van der Waals surface area contributed by atoms with Crippen molar-refractivity contribution < 1.29 is 14.3 Å². The lowest BCUT2D eigenvalue weighted by atomic mass is 10.3. The lowest BCUT2D eigenvalue weighted by Crippen LogP contribution is -2.18. The van der Waals surface area contributed by atoms with Gasteiger partial charge in [-0.2, -0.15) is 0 Å². The first-order valence-corrected chi connectivity index (χ1v) is 4.17. The van der Waals surface area contributed by atoms with Gasteiger partial charge in [0.2, 0.25) is 6.29 Å². The van der Waals surface area contributed by atoms with Crippen LogP contribution in [0, 0.1) is 0 Å². The number of ether oxygens (including phenoxy) is 2. The van der Waals surface area contributed by atoms with E-state index in [2.05, 4.69) is 0 Å². The molecule has 0 N–H and O–H groups in total. The smallest absolute Gasteiger partial charge is 0.296 e. The zero-order valence-electron chi connectivity index (χ0n) is 7.47. The maximum Gasteiger partial charge on any atom is 0.296 e. The number of carbonyl (C=O) groups excluding carboxylic acids is 1. The topological polar surface area (TPSA) is 35.5 Å². The van der Waals surface area contributed by atoms with Crippen LogP contribution in [0.2, 0.25) is 0 Å². The molecule has 0 aliphatic carbocycles. The molecule has 1 aromatic rings. The molecule has 3 heteroatoms. The first-order chi connectivity index (χ1) is 6.36. The van der Waals surface area contributed by atoms with Gasteiger partial charge in [-0.15, -0.1) is 0 Å². The standard InChI is InChI=1S/C10H12O3/c1-2-10(12-8-11)13-9-6-4-3-5-7-9/h3-8,10H,2H2,1H3. The van der Waals surface area contributed by atoms with Gasteiger partial charge in [-0.25, -0.2) is 0 Å². The van der Waals surface area contributed by atoms with Crippen LogP contribution < -0.4 is 4.74 Å². The monoisotopic (exact) mass is 180 g/mol. The second-order valence-corrected chi connectivity index (χ2v) is 2.50. The molecule has 0 saturated carbocycles. The highest BCUT2D eigenvalue weighted by molar-refractivity contribution is 5.37. The van der Waals surface area contributed by atoms with Crippen LogP contribution in [0.3, 0.4) is 0 Å². The first-order valence-electron chi connectivity index (χ1n) is 4.17. The molecule has 0 aliphatic heterocycles. The van der Waals surface area contributed by atoms with Crippen molar-refractivity contribution in [3.05, 3.63) is 30.3 Å². The Bertz CT molecular complexity index is 246. The predicted octanol–water partition coefficient (Wildman–Crippen LogP) is 1.97. The predicted molar refractivity (Wildman–Crippen MR) is 48.3 cm³/mol. The maximum atomic E-state index is 10.1. The van der Waals surface area contributed by atoms with E-state index in [0.717, 1.165) is 0 Å². The molecule has 0 aromatic heterocycles. The average molecular weight is 180 g/mol. The Hall–Kier alpha value is -1.51. The highest BCUT2D eigenvalue weighted by Crippen LogP contribution is 2.12. The van der Waals surface area contributed by atoms with E-state index in [9.17, 15) is 4.79 Å². The molecular formula is C10H12O3. The molecule has 1 rings (SSSR count). The highest BCUT2D eigenvalue weighted by atomic mass is 16.7. The molecular weight excluding hydrogens is 168 g/mol. The third kappa shape index (κ3) is 3.15. The average Bonchev–Trinajstić information content (AvgIpc) is 2.19. The summed E-state index contributed by atoms with van der Waals surface area (Å²) in [6.07, 6.45) is 0.146. The van der Waals surface area contributed by atoms with Crippen molar-refractivity contribution >= 4 is 6.47 Å². The number of benzene rings is 1. The minimum atomic E-state index is -0.486. The van der Waals surface area contributed by atoms with Gasteiger partial charge in [0.25, 0.3) is 6.47 Å². The van der Waals surface area contributed by atoms with Crippen LogP contribution in [0.5, 0.6) is 5.75 Å². The van der Waals surface area contributed by atoms with Crippen molar-refractivity contribution in [2.75, 3.05) is 0 Å². The van der Waals surface area contributed by atoms with Crippen LogP contribution >= 0.6 is 0 Å². The number of hydrogen-bond acceptors (Lipinski definition) is 3. The van der Waals surface area contributed by atoms with Crippen LogP contribution in [0.25, 0.3) is 0 Å². The third-order valence-corrected chi connectivity index (χ3v) is 1.55. The molecule has 0 bridgehead atoms. The second-order valence-electron chi connectivity index (χ2n) is 2.50. The Labute approximate surface area is 77.3 Å². The van der Waals surface area contributed by atoms with Gasteiger partial charge in [-0.1, -0.05) is 25.1 Å². The van der Waals surface area contributed by atoms with Crippen molar-refractivity contribution in [2.24, 2.45) is 0 Å². The summed E-state index contributed by atoms with van der Waals surface area (Å²) in [7, 11) is 0. The molecule has 1 atom stereocenters. The summed E-state index contributed by atoms with van der Waals surface area (Å²) in [6, 6.07) is 9.26. The molecule has 70 valence electrons. The van der Waals surface area contributed by atoms with Crippen molar-refractivity contribution in [2.45, 2.75) is 19.6 Å². The van der Waals surface area contributed by atoms with Crippen LogP contribution in [-0.4, -0.2) is 12.8 Å². The number of rotatable bonds is 5. The Morgan fingerprint density at radius 3 is 2.62 bits per heavy atom. The zero-order chi connectivity index (χ0) is 9.52. The minimum absolute atomic E-state index is 0.400. The molecule has 0 radical (unpaired) electrons. The van der Waals surface area contributed by atoms with E-state index < -0.39 is 6.29 Å². The number of carbonyl (C=O) groups is 1. The van der Waals surface area contributed by atoms with E-state index in [4.69, 9.17) is 9.47 Å². The summed E-state index contributed by atoms with van der Waals surface area (Å²) < 4.78 is 10.0. The Kier molecular flexibility index (Phi) is 3.82. The van der Waals surface area contributed by atoms with E-state index in [1.807, 2.05) is 37.3 Å². The molecule has 13 heavy (non-hydrogen) atoms. The van der Waals surface area contributed by atoms with Crippen molar-refractivity contribution in [1.29, 1.82) is 0 Å². The minimum Gasteiger partial charge on any atom is -0.455 e. The van der Waals surface area contributed by atoms with Gasteiger partial charge in [0.05, 0.1) is 0 Å². The molecule has 0 spiro atoms. The van der Waals surface area contributed by atoms with Gasteiger partial charge in [0, 0.05) is 6.42 Å². The highest BCUT2D eigenvalue weighted by Gasteiger charge is 2.06. The van der Waals surface area contributed by atoms with Gasteiger partial charge in [0.15, 0.2) is 0 Å². The normalized spacial score (nSPS) is 11.8. The molecule has 0 amide bonds. The maximum absolute atomic E-state index is 10.1. The van der Waals surface area contributed by atoms with Crippen LogP contribution in [0.15, 0.2) is 30.3 Å². The number of para-hydroxylation sites is 1. The Balaban J connectivity index is 2.51. The lowest BCUT2D eigenvalue weighted by molar-refractivity contribution is -0.147. The molecule has 3 nitrogen and oxygen atoms in total. The van der Waals surface area contributed by atoms with Gasteiger partial charge in [0.1, 0.15) is 5.75 Å². The zero-order valence-corrected chi connectivity index (χ0v) is 7.47. The van der Waals surface area contributed by atoms with E-state index in [1.54, 1.807) is 0 Å².